The number of hydrogen-bond donors (Lipinski definition) is 1. The summed E-state index contributed by atoms with van der Waals surface area (Å²) in [4.78, 5) is 4.50. The van der Waals surface area contributed by atoms with E-state index in [1.165, 1.54) is 12.8 Å². The van der Waals surface area contributed by atoms with Crippen LogP contribution in [-0.4, -0.2) is 29.1 Å². The van der Waals surface area contributed by atoms with Crippen LogP contribution in [0.2, 0.25) is 0 Å². The number of pyridine rings is 1. The summed E-state index contributed by atoms with van der Waals surface area (Å²) in [6.07, 6.45) is 7.44. The summed E-state index contributed by atoms with van der Waals surface area (Å²) in [5.41, 5.74) is 1.12. The fourth-order valence-corrected chi connectivity index (χ4v) is 2.45. The molecular formula is C13H17N3O. The Morgan fingerprint density at radius 3 is 3.24 bits per heavy atom. The molecule has 17 heavy (non-hydrogen) atoms. The van der Waals surface area contributed by atoms with Crippen LogP contribution in [0.4, 0.5) is 0 Å². The third kappa shape index (κ3) is 2.00. The van der Waals surface area contributed by atoms with Gasteiger partial charge in [-0.2, -0.15) is 0 Å². The van der Waals surface area contributed by atoms with Crippen LogP contribution in [0.1, 0.15) is 18.7 Å². The molecule has 2 aromatic rings. The minimum Gasteiger partial charge on any atom is -0.495 e. The Labute approximate surface area is 101 Å². The third-order valence-corrected chi connectivity index (χ3v) is 3.40. The first kappa shape index (κ1) is 10.6. The number of methoxy groups -OCH3 is 1. The third-order valence-electron chi connectivity index (χ3n) is 3.40. The van der Waals surface area contributed by atoms with Crippen molar-refractivity contribution in [2.45, 2.75) is 25.3 Å². The molecule has 1 aliphatic heterocycles. The van der Waals surface area contributed by atoms with Gasteiger partial charge in [0.2, 0.25) is 0 Å². The molecule has 3 heterocycles. The van der Waals surface area contributed by atoms with Crippen molar-refractivity contribution in [1.82, 2.24) is 14.7 Å². The number of aromatic nitrogens is 2. The molecule has 1 N–H and O–H groups in total. The Morgan fingerprint density at radius 1 is 1.53 bits per heavy atom. The van der Waals surface area contributed by atoms with Gasteiger partial charge in [0.25, 0.3) is 0 Å². The Kier molecular flexibility index (Phi) is 2.73. The fraction of sp³-hybridized carbons (Fsp3) is 0.462. The van der Waals surface area contributed by atoms with Gasteiger partial charge in [0.1, 0.15) is 11.6 Å². The molecule has 0 aromatic carbocycles. The summed E-state index contributed by atoms with van der Waals surface area (Å²) in [6, 6.07) is 4.58. The SMILES string of the molecule is COc1ccc2cnc(CC3CCCN3)n2c1. The molecule has 0 bridgehead atoms. The second kappa shape index (κ2) is 4.37. The summed E-state index contributed by atoms with van der Waals surface area (Å²) in [6.45, 7) is 1.14. The van der Waals surface area contributed by atoms with Crippen molar-refractivity contribution < 1.29 is 4.74 Å². The van der Waals surface area contributed by atoms with E-state index >= 15 is 0 Å². The zero-order valence-electron chi connectivity index (χ0n) is 10.0. The Bertz CT molecular complexity index is 514. The van der Waals surface area contributed by atoms with Crippen LogP contribution in [-0.2, 0) is 6.42 Å². The van der Waals surface area contributed by atoms with Crippen LogP contribution < -0.4 is 10.1 Å². The van der Waals surface area contributed by atoms with E-state index in [1.54, 1.807) is 7.11 Å². The van der Waals surface area contributed by atoms with Crippen molar-refractivity contribution >= 4 is 5.52 Å². The van der Waals surface area contributed by atoms with Crippen LogP contribution >= 0.6 is 0 Å². The standard InChI is InChI=1S/C13H17N3O/c1-17-12-5-4-11-8-15-13(16(11)9-12)7-10-3-2-6-14-10/h4-5,8-10,14H,2-3,6-7H2,1H3. The van der Waals surface area contributed by atoms with Crippen molar-refractivity contribution in [3.8, 4) is 5.75 Å². The molecule has 4 heteroatoms. The van der Waals surface area contributed by atoms with E-state index in [1.807, 2.05) is 24.5 Å². The topological polar surface area (TPSA) is 38.6 Å². The van der Waals surface area contributed by atoms with Gasteiger partial charge in [-0.25, -0.2) is 4.98 Å². The van der Waals surface area contributed by atoms with E-state index in [0.29, 0.717) is 6.04 Å². The first-order chi connectivity index (χ1) is 8.36. The van der Waals surface area contributed by atoms with Gasteiger partial charge in [0.05, 0.1) is 25.0 Å². The molecule has 0 saturated carbocycles. The largest absolute Gasteiger partial charge is 0.495 e. The van der Waals surface area contributed by atoms with Crippen LogP contribution in [0.3, 0.4) is 0 Å². The highest BCUT2D eigenvalue weighted by atomic mass is 16.5. The molecule has 2 aromatic heterocycles. The minimum absolute atomic E-state index is 0.576. The molecular weight excluding hydrogens is 214 g/mol. The molecule has 1 saturated heterocycles. The lowest BCUT2D eigenvalue weighted by Crippen LogP contribution is -2.24. The van der Waals surface area contributed by atoms with E-state index in [2.05, 4.69) is 14.7 Å². The average Bonchev–Trinajstić information content (AvgIpc) is 2.99. The maximum Gasteiger partial charge on any atom is 0.135 e. The van der Waals surface area contributed by atoms with Crippen LogP contribution in [0.5, 0.6) is 5.75 Å². The Morgan fingerprint density at radius 2 is 2.47 bits per heavy atom. The van der Waals surface area contributed by atoms with E-state index in [4.69, 9.17) is 4.74 Å². The normalized spacial score (nSPS) is 19.9. The maximum absolute atomic E-state index is 5.25. The van der Waals surface area contributed by atoms with E-state index in [-0.39, 0.29) is 0 Å². The average molecular weight is 231 g/mol. The lowest BCUT2D eigenvalue weighted by Gasteiger charge is -2.09. The molecule has 90 valence electrons. The van der Waals surface area contributed by atoms with Crippen molar-refractivity contribution in [2.24, 2.45) is 0 Å². The maximum atomic E-state index is 5.25. The first-order valence-corrected chi connectivity index (χ1v) is 6.10. The van der Waals surface area contributed by atoms with Gasteiger partial charge in [0.15, 0.2) is 0 Å². The first-order valence-electron chi connectivity index (χ1n) is 6.10. The molecule has 0 spiro atoms. The van der Waals surface area contributed by atoms with E-state index < -0.39 is 0 Å². The summed E-state index contributed by atoms with van der Waals surface area (Å²) in [7, 11) is 1.69. The van der Waals surface area contributed by atoms with Crippen LogP contribution in [0, 0.1) is 0 Å². The molecule has 0 amide bonds. The van der Waals surface area contributed by atoms with Gasteiger partial charge >= 0.3 is 0 Å². The number of fused-ring (bicyclic) bond motifs is 1. The smallest absolute Gasteiger partial charge is 0.135 e. The van der Waals surface area contributed by atoms with Gasteiger partial charge < -0.3 is 10.1 Å². The molecule has 1 unspecified atom stereocenters. The number of nitrogens with zero attached hydrogens (tertiary/aromatic N) is 2. The fourth-order valence-electron chi connectivity index (χ4n) is 2.45. The van der Waals surface area contributed by atoms with Crippen molar-refractivity contribution in [2.75, 3.05) is 13.7 Å². The predicted molar refractivity (Wildman–Crippen MR) is 66.5 cm³/mol. The zero-order valence-corrected chi connectivity index (χ0v) is 10.0. The predicted octanol–water partition coefficient (Wildman–Crippen LogP) is 1.64. The van der Waals surface area contributed by atoms with E-state index in [9.17, 15) is 0 Å². The van der Waals surface area contributed by atoms with Gasteiger partial charge in [-0.1, -0.05) is 0 Å². The summed E-state index contributed by atoms with van der Waals surface area (Å²) < 4.78 is 7.38. The molecule has 0 aliphatic carbocycles. The quantitative estimate of drug-likeness (QED) is 0.872. The molecule has 3 rings (SSSR count). The second-order valence-electron chi connectivity index (χ2n) is 4.54. The highest BCUT2D eigenvalue weighted by Gasteiger charge is 2.16. The molecule has 1 atom stereocenters. The molecule has 4 nitrogen and oxygen atoms in total. The number of ether oxygens (including phenoxy) is 1. The van der Waals surface area contributed by atoms with Crippen LogP contribution in [0.15, 0.2) is 24.5 Å². The number of hydrogen-bond acceptors (Lipinski definition) is 3. The molecule has 1 fully saturated rings. The lowest BCUT2D eigenvalue weighted by molar-refractivity contribution is 0.412. The minimum atomic E-state index is 0.576. The van der Waals surface area contributed by atoms with Gasteiger partial charge in [-0.05, 0) is 31.5 Å². The number of rotatable bonds is 3. The monoisotopic (exact) mass is 231 g/mol. The zero-order chi connectivity index (χ0) is 11.7. The van der Waals surface area contributed by atoms with Gasteiger partial charge in [0, 0.05) is 12.5 Å². The van der Waals surface area contributed by atoms with Crippen LogP contribution in [0.25, 0.3) is 5.52 Å². The number of nitrogens with one attached hydrogen (secondary N) is 1. The number of imidazole rings is 1. The van der Waals surface area contributed by atoms with Gasteiger partial charge in [-0.3, -0.25) is 4.40 Å². The van der Waals surface area contributed by atoms with Crippen molar-refractivity contribution in [1.29, 1.82) is 0 Å². The summed E-state index contributed by atoms with van der Waals surface area (Å²) >= 11 is 0. The summed E-state index contributed by atoms with van der Waals surface area (Å²) in [5, 5.41) is 3.50. The van der Waals surface area contributed by atoms with E-state index in [0.717, 1.165) is 30.1 Å². The van der Waals surface area contributed by atoms with Crippen molar-refractivity contribution in [3.63, 3.8) is 0 Å². The summed E-state index contributed by atoms with van der Waals surface area (Å²) in [5.74, 6) is 1.98. The lowest BCUT2D eigenvalue weighted by atomic mass is 10.1. The molecule has 1 aliphatic rings. The Hall–Kier alpha value is -1.55. The Balaban J connectivity index is 1.92. The molecule has 0 radical (unpaired) electrons. The second-order valence-corrected chi connectivity index (χ2v) is 4.54. The van der Waals surface area contributed by atoms with Gasteiger partial charge in [-0.15, -0.1) is 0 Å². The van der Waals surface area contributed by atoms with Crippen molar-refractivity contribution in [3.05, 3.63) is 30.4 Å². The highest BCUT2D eigenvalue weighted by Crippen LogP contribution is 2.17. The highest BCUT2D eigenvalue weighted by molar-refractivity contribution is 5.48.